The average Bonchev–Trinajstić information content (AvgIpc) is 2.51. The largest absolute Gasteiger partial charge is 0.282 e. The van der Waals surface area contributed by atoms with E-state index in [4.69, 9.17) is 0 Å². The average molecular weight is 274 g/mol. The highest BCUT2D eigenvalue weighted by Crippen LogP contribution is 2.37. The van der Waals surface area contributed by atoms with Crippen LogP contribution in [0.5, 0.6) is 0 Å². The summed E-state index contributed by atoms with van der Waals surface area (Å²) in [5.41, 5.74) is 0. The molecule has 1 saturated heterocycles. The van der Waals surface area contributed by atoms with E-state index in [1.807, 2.05) is 0 Å². The zero-order chi connectivity index (χ0) is 10.8. The normalized spacial score (nSPS) is 30.9. The number of halogens is 1. The maximum absolute atomic E-state index is 11.9. The van der Waals surface area contributed by atoms with Gasteiger partial charge in [0.1, 0.15) is 0 Å². The Kier molecular flexibility index (Phi) is 3.44. The molecule has 0 N–H and O–H groups in total. The van der Waals surface area contributed by atoms with Crippen LogP contribution in [0.2, 0.25) is 0 Å². The van der Waals surface area contributed by atoms with E-state index in [0.29, 0.717) is 6.54 Å². The van der Waals surface area contributed by atoms with E-state index in [2.05, 4.69) is 15.9 Å². The van der Waals surface area contributed by atoms with Gasteiger partial charge in [-0.05, 0) is 19.3 Å². The Morgan fingerprint density at radius 1 is 1.13 bits per heavy atom. The molecule has 1 heterocycles. The van der Waals surface area contributed by atoms with E-state index >= 15 is 0 Å². The van der Waals surface area contributed by atoms with Crippen molar-refractivity contribution in [2.75, 3.05) is 11.9 Å². The second kappa shape index (κ2) is 4.64. The van der Waals surface area contributed by atoms with Gasteiger partial charge in [0.2, 0.25) is 11.8 Å². The first-order valence-electron chi connectivity index (χ1n) is 5.67. The molecular weight excluding hydrogens is 258 g/mol. The molecule has 0 radical (unpaired) electrons. The lowest BCUT2D eigenvalue weighted by Crippen LogP contribution is -2.32. The number of likely N-dealkylation sites (tertiary alicyclic amines) is 1. The molecule has 0 aromatic rings. The lowest BCUT2D eigenvalue weighted by Gasteiger charge is -2.19. The Morgan fingerprint density at radius 2 is 1.67 bits per heavy atom. The van der Waals surface area contributed by atoms with Crippen LogP contribution in [-0.2, 0) is 9.59 Å². The van der Waals surface area contributed by atoms with Gasteiger partial charge >= 0.3 is 0 Å². The predicted molar refractivity (Wildman–Crippen MR) is 60.6 cm³/mol. The molecule has 1 aliphatic heterocycles. The topological polar surface area (TPSA) is 37.4 Å². The predicted octanol–water partition coefficient (Wildman–Crippen LogP) is 1.95. The van der Waals surface area contributed by atoms with Crippen LogP contribution in [0.15, 0.2) is 0 Å². The summed E-state index contributed by atoms with van der Waals surface area (Å²) in [6.45, 7) is 0.593. The summed E-state index contributed by atoms with van der Waals surface area (Å²) in [6, 6.07) is 0. The number of hydrogen-bond donors (Lipinski definition) is 0. The molecule has 84 valence electrons. The monoisotopic (exact) mass is 273 g/mol. The van der Waals surface area contributed by atoms with Crippen molar-refractivity contribution in [1.82, 2.24) is 4.90 Å². The van der Waals surface area contributed by atoms with Gasteiger partial charge in [0.15, 0.2) is 0 Å². The van der Waals surface area contributed by atoms with Crippen LogP contribution in [0.25, 0.3) is 0 Å². The molecule has 0 bridgehead atoms. The van der Waals surface area contributed by atoms with Gasteiger partial charge in [-0.2, -0.15) is 0 Å². The summed E-state index contributed by atoms with van der Waals surface area (Å²) < 4.78 is 0. The van der Waals surface area contributed by atoms with Crippen LogP contribution in [0.3, 0.4) is 0 Å². The molecule has 3 nitrogen and oxygen atoms in total. The zero-order valence-corrected chi connectivity index (χ0v) is 10.3. The lowest BCUT2D eigenvalue weighted by molar-refractivity contribution is -0.139. The first-order valence-corrected chi connectivity index (χ1v) is 6.79. The lowest BCUT2D eigenvalue weighted by atomic mass is 9.81. The van der Waals surface area contributed by atoms with Crippen LogP contribution < -0.4 is 0 Å². The van der Waals surface area contributed by atoms with Gasteiger partial charge in [-0.1, -0.05) is 28.8 Å². The van der Waals surface area contributed by atoms with Gasteiger partial charge in [0.25, 0.3) is 0 Å². The van der Waals surface area contributed by atoms with Gasteiger partial charge in [0.05, 0.1) is 11.8 Å². The minimum absolute atomic E-state index is 0.0153. The molecule has 0 spiro atoms. The van der Waals surface area contributed by atoms with E-state index in [-0.39, 0.29) is 23.7 Å². The van der Waals surface area contributed by atoms with Crippen LogP contribution in [0, 0.1) is 11.8 Å². The smallest absolute Gasteiger partial charge is 0.233 e. The molecule has 2 fully saturated rings. The highest BCUT2D eigenvalue weighted by Gasteiger charge is 2.47. The van der Waals surface area contributed by atoms with Gasteiger partial charge in [0, 0.05) is 11.9 Å². The summed E-state index contributed by atoms with van der Waals surface area (Å²) in [7, 11) is 0. The van der Waals surface area contributed by atoms with Crippen LogP contribution in [0.4, 0.5) is 0 Å². The van der Waals surface area contributed by atoms with Crippen molar-refractivity contribution < 1.29 is 9.59 Å². The van der Waals surface area contributed by atoms with Crippen molar-refractivity contribution in [3.05, 3.63) is 0 Å². The molecule has 4 heteroatoms. The van der Waals surface area contributed by atoms with Gasteiger partial charge < -0.3 is 0 Å². The number of carbonyl (C=O) groups excluding carboxylic acids is 2. The van der Waals surface area contributed by atoms with E-state index in [1.165, 1.54) is 4.90 Å². The molecular formula is C11H16BrNO2. The van der Waals surface area contributed by atoms with Gasteiger partial charge in [-0.15, -0.1) is 0 Å². The van der Waals surface area contributed by atoms with E-state index in [1.54, 1.807) is 0 Å². The summed E-state index contributed by atoms with van der Waals surface area (Å²) in [6.07, 6.45) is 4.90. The summed E-state index contributed by atoms with van der Waals surface area (Å²) in [4.78, 5) is 25.4. The van der Waals surface area contributed by atoms with Crippen LogP contribution >= 0.6 is 15.9 Å². The minimum Gasteiger partial charge on any atom is -0.282 e. The number of fused-ring (bicyclic) bond motifs is 1. The molecule has 0 aromatic carbocycles. The minimum atomic E-state index is 0.0153. The number of rotatable bonds is 3. The second-order valence-corrected chi connectivity index (χ2v) is 5.16. The molecule has 2 aliphatic rings. The second-order valence-electron chi connectivity index (χ2n) is 4.37. The fraction of sp³-hybridized carbons (Fsp3) is 0.818. The number of imide groups is 1. The fourth-order valence-corrected chi connectivity index (χ4v) is 2.92. The Morgan fingerprint density at radius 3 is 2.13 bits per heavy atom. The van der Waals surface area contributed by atoms with E-state index in [0.717, 1.165) is 37.4 Å². The quantitative estimate of drug-likeness (QED) is 0.582. The highest BCUT2D eigenvalue weighted by molar-refractivity contribution is 9.09. The standard InChI is InChI=1S/C11H16BrNO2/c12-6-3-7-13-10(14)8-4-1-2-5-9(8)11(13)15/h8-9H,1-7H2. The van der Waals surface area contributed by atoms with Gasteiger partial charge in [-0.25, -0.2) is 0 Å². The molecule has 2 atom stereocenters. The Labute approximate surface area is 98.3 Å². The Bertz CT molecular complexity index is 256. The number of alkyl halides is 1. The number of hydrogen-bond acceptors (Lipinski definition) is 2. The van der Waals surface area contributed by atoms with E-state index in [9.17, 15) is 9.59 Å². The maximum Gasteiger partial charge on any atom is 0.233 e. The van der Waals surface area contributed by atoms with Crippen molar-refractivity contribution in [2.45, 2.75) is 32.1 Å². The molecule has 1 aliphatic carbocycles. The van der Waals surface area contributed by atoms with E-state index < -0.39 is 0 Å². The van der Waals surface area contributed by atoms with Crippen LogP contribution in [0.1, 0.15) is 32.1 Å². The first-order chi connectivity index (χ1) is 7.25. The summed E-state index contributed by atoms with van der Waals surface area (Å²) in [5.74, 6) is 0.208. The summed E-state index contributed by atoms with van der Waals surface area (Å²) in [5, 5.41) is 0.847. The van der Waals surface area contributed by atoms with Crippen molar-refractivity contribution in [3.63, 3.8) is 0 Å². The fourth-order valence-electron chi connectivity index (χ4n) is 2.67. The molecule has 2 amide bonds. The maximum atomic E-state index is 11.9. The van der Waals surface area contributed by atoms with Gasteiger partial charge in [-0.3, -0.25) is 14.5 Å². The number of carbonyl (C=O) groups is 2. The molecule has 0 aromatic heterocycles. The van der Waals surface area contributed by atoms with Crippen molar-refractivity contribution >= 4 is 27.7 Å². The Hall–Kier alpha value is -0.380. The number of nitrogens with zero attached hydrogens (tertiary/aromatic N) is 1. The number of amides is 2. The third-order valence-corrected chi connectivity index (χ3v) is 4.01. The summed E-state index contributed by atoms with van der Waals surface area (Å²) >= 11 is 3.32. The third kappa shape index (κ3) is 1.96. The molecule has 2 rings (SSSR count). The molecule has 2 unspecified atom stereocenters. The van der Waals surface area contributed by atoms with Crippen molar-refractivity contribution in [2.24, 2.45) is 11.8 Å². The first kappa shape index (κ1) is 11.1. The zero-order valence-electron chi connectivity index (χ0n) is 8.75. The third-order valence-electron chi connectivity index (χ3n) is 3.45. The molecule has 1 saturated carbocycles. The van der Waals surface area contributed by atoms with Crippen LogP contribution in [-0.4, -0.2) is 28.6 Å². The van der Waals surface area contributed by atoms with Crippen molar-refractivity contribution in [3.8, 4) is 0 Å². The van der Waals surface area contributed by atoms with Crippen molar-refractivity contribution in [1.29, 1.82) is 0 Å². The Balaban J connectivity index is 2.07. The molecule has 15 heavy (non-hydrogen) atoms. The highest BCUT2D eigenvalue weighted by atomic mass is 79.9. The SMILES string of the molecule is O=C1C2CCCCC2C(=O)N1CCCBr.